The molecule has 1 fully saturated rings. The average Bonchev–Trinajstić information content (AvgIpc) is 2.62. The summed E-state index contributed by atoms with van der Waals surface area (Å²) in [5.74, 6) is 0.820. The van der Waals surface area contributed by atoms with Gasteiger partial charge in [-0.1, -0.05) is 29.8 Å². The molecule has 0 saturated carbocycles. The van der Waals surface area contributed by atoms with Crippen molar-refractivity contribution in [1.82, 2.24) is 9.29 Å². The molecule has 1 aliphatic heterocycles. The molecule has 1 aromatic carbocycles. The van der Waals surface area contributed by atoms with Crippen LogP contribution in [0.2, 0.25) is 0 Å². The van der Waals surface area contributed by atoms with E-state index >= 15 is 0 Å². The topological polar surface area (TPSA) is 54.7 Å². The van der Waals surface area contributed by atoms with Gasteiger partial charge in [0.1, 0.15) is 4.90 Å². The maximum absolute atomic E-state index is 12.7. The third-order valence-electron chi connectivity index (χ3n) is 4.43. The lowest BCUT2D eigenvalue weighted by Crippen LogP contribution is -3.12. The van der Waals surface area contributed by atoms with E-state index in [0.29, 0.717) is 13.1 Å². The molecule has 2 heterocycles. The van der Waals surface area contributed by atoms with E-state index < -0.39 is 10.0 Å². The second-order valence-corrected chi connectivity index (χ2v) is 9.40. The van der Waals surface area contributed by atoms with Crippen molar-refractivity contribution in [3.05, 3.63) is 53.7 Å². The van der Waals surface area contributed by atoms with Gasteiger partial charge in [0.05, 0.1) is 38.3 Å². The molecule has 1 saturated heterocycles. The molecule has 1 N–H and O–H groups in total. The number of hydrogen-bond acceptors (Lipinski definition) is 4. The standard InChI is InChI=1S/C18H23N3O2S2/c1-15-3-5-16(6-4-15)14-24-18-8-7-17(13-19-18)25(22,23)21-11-9-20(2)10-12-21/h3-8,13H,9-12,14H2,1-2H3/p+1. The van der Waals surface area contributed by atoms with Gasteiger partial charge >= 0.3 is 0 Å². The first kappa shape index (κ1) is 18.4. The number of quaternary nitrogens is 1. The maximum Gasteiger partial charge on any atom is 0.245 e. The first-order valence-electron chi connectivity index (χ1n) is 8.41. The van der Waals surface area contributed by atoms with Crippen molar-refractivity contribution in [3.8, 4) is 0 Å². The Kier molecular flexibility index (Phi) is 5.78. The molecule has 0 aliphatic carbocycles. The van der Waals surface area contributed by atoms with E-state index in [9.17, 15) is 8.42 Å². The lowest BCUT2D eigenvalue weighted by molar-refractivity contribution is -0.883. The van der Waals surface area contributed by atoms with E-state index in [1.54, 1.807) is 28.2 Å². The fraction of sp³-hybridized carbons (Fsp3) is 0.389. The van der Waals surface area contributed by atoms with Gasteiger partial charge in [0, 0.05) is 11.9 Å². The van der Waals surface area contributed by atoms with Crippen molar-refractivity contribution < 1.29 is 13.3 Å². The lowest BCUT2D eigenvalue weighted by atomic mass is 10.2. The van der Waals surface area contributed by atoms with Crippen LogP contribution in [0, 0.1) is 6.92 Å². The predicted octanol–water partition coefficient (Wildman–Crippen LogP) is 1.20. The molecule has 0 radical (unpaired) electrons. The van der Waals surface area contributed by atoms with Crippen LogP contribution in [0.4, 0.5) is 0 Å². The average molecular weight is 379 g/mol. The molecule has 0 spiro atoms. The van der Waals surface area contributed by atoms with E-state index in [0.717, 1.165) is 23.9 Å². The minimum absolute atomic E-state index is 0.284. The second kappa shape index (κ2) is 7.86. The zero-order chi connectivity index (χ0) is 17.9. The highest BCUT2D eigenvalue weighted by Gasteiger charge is 2.29. The summed E-state index contributed by atoms with van der Waals surface area (Å²) in [5, 5.41) is 0.836. The number of aryl methyl sites for hydroxylation is 1. The van der Waals surface area contributed by atoms with Crippen LogP contribution in [0.25, 0.3) is 0 Å². The van der Waals surface area contributed by atoms with Crippen molar-refractivity contribution >= 4 is 21.8 Å². The molecular formula is C18H24N3O2S2+. The predicted molar refractivity (Wildman–Crippen MR) is 100 cm³/mol. The molecule has 0 atom stereocenters. The number of aromatic nitrogens is 1. The molecule has 25 heavy (non-hydrogen) atoms. The number of pyridine rings is 1. The van der Waals surface area contributed by atoms with Gasteiger partial charge < -0.3 is 4.90 Å². The summed E-state index contributed by atoms with van der Waals surface area (Å²) in [5.41, 5.74) is 2.47. The van der Waals surface area contributed by atoms with Crippen LogP contribution in [0.15, 0.2) is 52.5 Å². The van der Waals surface area contributed by atoms with E-state index in [4.69, 9.17) is 0 Å². The SMILES string of the molecule is Cc1ccc(CSc2ccc(S(=O)(=O)N3CC[NH+](C)CC3)cn2)cc1. The Morgan fingerprint density at radius 1 is 1.12 bits per heavy atom. The van der Waals surface area contributed by atoms with Crippen LogP contribution in [0.1, 0.15) is 11.1 Å². The quantitative estimate of drug-likeness (QED) is 0.795. The number of sulfonamides is 1. The fourth-order valence-electron chi connectivity index (χ4n) is 2.70. The van der Waals surface area contributed by atoms with Crippen LogP contribution in [0.5, 0.6) is 0 Å². The molecule has 0 unspecified atom stereocenters. The highest BCUT2D eigenvalue weighted by molar-refractivity contribution is 7.98. The molecule has 134 valence electrons. The molecule has 1 aliphatic rings. The number of nitrogens with one attached hydrogen (secondary N) is 1. The van der Waals surface area contributed by atoms with Crippen LogP contribution in [-0.4, -0.2) is 50.9 Å². The van der Waals surface area contributed by atoms with Gasteiger partial charge in [0.25, 0.3) is 0 Å². The van der Waals surface area contributed by atoms with Gasteiger partial charge in [0.15, 0.2) is 0 Å². The third-order valence-corrected chi connectivity index (χ3v) is 7.33. The number of rotatable bonds is 5. The Bertz CT molecular complexity index is 797. The summed E-state index contributed by atoms with van der Waals surface area (Å²) in [6, 6.07) is 11.9. The maximum atomic E-state index is 12.7. The largest absolute Gasteiger partial charge is 0.335 e. The normalized spacial score (nSPS) is 16.9. The summed E-state index contributed by atoms with van der Waals surface area (Å²) >= 11 is 1.61. The van der Waals surface area contributed by atoms with Crippen LogP contribution in [-0.2, 0) is 15.8 Å². The van der Waals surface area contributed by atoms with Crippen molar-refractivity contribution in [3.63, 3.8) is 0 Å². The summed E-state index contributed by atoms with van der Waals surface area (Å²) in [6.45, 7) is 4.89. The van der Waals surface area contributed by atoms with Gasteiger partial charge in [-0.05, 0) is 24.6 Å². The summed E-state index contributed by atoms with van der Waals surface area (Å²) in [4.78, 5) is 5.99. The summed E-state index contributed by atoms with van der Waals surface area (Å²) in [7, 11) is -1.34. The molecular weight excluding hydrogens is 354 g/mol. The molecule has 3 rings (SSSR count). The zero-order valence-corrected chi connectivity index (χ0v) is 16.2. The zero-order valence-electron chi connectivity index (χ0n) is 14.6. The highest BCUT2D eigenvalue weighted by atomic mass is 32.2. The Labute approximate surface area is 154 Å². The van der Waals surface area contributed by atoms with Crippen molar-refractivity contribution in [2.24, 2.45) is 0 Å². The molecule has 0 bridgehead atoms. The first-order valence-corrected chi connectivity index (χ1v) is 10.8. The van der Waals surface area contributed by atoms with Gasteiger partial charge in [-0.2, -0.15) is 4.31 Å². The van der Waals surface area contributed by atoms with Gasteiger partial charge in [0.2, 0.25) is 10.0 Å². The molecule has 5 nitrogen and oxygen atoms in total. The van der Waals surface area contributed by atoms with Gasteiger partial charge in [-0.25, -0.2) is 13.4 Å². The van der Waals surface area contributed by atoms with Gasteiger partial charge in [-0.15, -0.1) is 11.8 Å². The Morgan fingerprint density at radius 2 is 1.80 bits per heavy atom. The Morgan fingerprint density at radius 3 is 2.40 bits per heavy atom. The molecule has 1 aromatic heterocycles. The minimum Gasteiger partial charge on any atom is -0.335 e. The monoisotopic (exact) mass is 378 g/mol. The summed E-state index contributed by atoms with van der Waals surface area (Å²) in [6.07, 6.45) is 1.48. The number of benzene rings is 1. The second-order valence-electron chi connectivity index (χ2n) is 6.47. The smallest absolute Gasteiger partial charge is 0.245 e. The number of thioether (sulfide) groups is 1. The van der Waals surface area contributed by atoms with E-state index in [-0.39, 0.29) is 4.90 Å². The minimum atomic E-state index is -3.43. The van der Waals surface area contributed by atoms with Crippen LogP contribution in [0.3, 0.4) is 0 Å². The summed E-state index contributed by atoms with van der Waals surface area (Å²) < 4.78 is 26.9. The number of nitrogens with zero attached hydrogens (tertiary/aromatic N) is 2. The molecule has 7 heteroatoms. The van der Waals surface area contributed by atoms with E-state index in [1.807, 2.05) is 0 Å². The molecule has 2 aromatic rings. The van der Waals surface area contributed by atoms with Crippen LogP contribution < -0.4 is 4.90 Å². The Balaban J connectivity index is 1.64. The first-order chi connectivity index (χ1) is 11.9. The van der Waals surface area contributed by atoms with Crippen molar-refractivity contribution in [1.29, 1.82) is 0 Å². The fourth-order valence-corrected chi connectivity index (χ4v) is 4.89. The van der Waals surface area contributed by atoms with Crippen LogP contribution >= 0.6 is 11.8 Å². The number of likely N-dealkylation sites (N-methyl/N-ethyl adjacent to an activating group) is 1. The third kappa shape index (κ3) is 4.61. The lowest BCUT2D eigenvalue weighted by Gasteiger charge is -2.29. The number of piperazine rings is 1. The molecule has 0 amide bonds. The Hall–Kier alpha value is -1.41. The van der Waals surface area contributed by atoms with E-state index in [1.165, 1.54) is 22.2 Å². The number of hydrogen-bond donors (Lipinski definition) is 1. The van der Waals surface area contributed by atoms with Crippen molar-refractivity contribution in [2.75, 3.05) is 33.2 Å². The van der Waals surface area contributed by atoms with Crippen molar-refractivity contribution in [2.45, 2.75) is 22.6 Å². The highest BCUT2D eigenvalue weighted by Crippen LogP contribution is 2.23. The van der Waals surface area contributed by atoms with E-state index in [2.05, 4.69) is 43.2 Å². The van der Waals surface area contributed by atoms with Gasteiger partial charge in [-0.3, -0.25) is 0 Å².